The van der Waals surface area contributed by atoms with Crippen molar-refractivity contribution in [2.24, 2.45) is 0 Å². The van der Waals surface area contributed by atoms with Crippen LogP contribution in [0, 0.1) is 0 Å². The molecule has 2 aromatic carbocycles. The second-order valence-corrected chi connectivity index (χ2v) is 7.32. The Bertz CT molecular complexity index is 1260. The van der Waals surface area contributed by atoms with Crippen molar-refractivity contribution < 1.29 is 54.4 Å². The number of benzene rings is 2. The molecule has 1 saturated heterocycles. The molecule has 1 aliphatic rings. The molecule has 7 N–H and O–H groups in total. The van der Waals surface area contributed by atoms with Gasteiger partial charge in [0.2, 0.25) is 12.0 Å². The summed E-state index contributed by atoms with van der Waals surface area (Å²) in [5, 5.41) is 68.6. The summed E-state index contributed by atoms with van der Waals surface area (Å²) in [6, 6.07) is 7.74. The van der Waals surface area contributed by atoms with Crippen molar-refractivity contribution >= 4 is 16.9 Å². The third kappa shape index (κ3) is 3.91. The lowest BCUT2D eigenvalue weighted by Crippen LogP contribution is -2.61. The van der Waals surface area contributed by atoms with Gasteiger partial charge in [-0.15, -0.1) is 0 Å². The molecular weight excluding hydrogens is 444 g/mol. The van der Waals surface area contributed by atoms with E-state index in [1.807, 2.05) is 0 Å². The van der Waals surface area contributed by atoms with Gasteiger partial charge in [-0.1, -0.05) is 0 Å². The lowest BCUT2D eigenvalue weighted by Gasteiger charge is -2.38. The standard InChI is InChI=1S/C21H18O12/c22-8-3-1-7(2-4-8)10-5-9(23)13-11(31-10)6-12(14(24)15(13)25)32-21-18(28)16(26)17(27)19(33-21)20(29)30/h1-6,16-19,21-22,24-28H,(H,29,30). The average molecular weight is 462 g/mol. The van der Waals surface area contributed by atoms with Crippen LogP contribution in [-0.2, 0) is 9.53 Å². The van der Waals surface area contributed by atoms with E-state index in [0.717, 1.165) is 12.1 Å². The molecule has 0 amide bonds. The van der Waals surface area contributed by atoms with Crippen LogP contribution in [0.1, 0.15) is 0 Å². The van der Waals surface area contributed by atoms with Crippen LogP contribution in [0.4, 0.5) is 0 Å². The summed E-state index contributed by atoms with van der Waals surface area (Å²) < 4.78 is 15.9. The van der Waals surface area contributed by atoms with E-state index >= 15 is 0 Å². The van der Waals surface area contributed by atoms with Crippen molar-refractivity contribution in [2.45, 2.75) is 30.7 Å². The number of hydrogen-bond acceptors (Lipinski definition) is 11. The highest BCUT2D eigenvalue weighted by Gasteiger charge is 2.48. The number of phenolic OH excluding ortho intramolecular Hbond substituents is 3. The smallest absolute Gasteiger partial charge is 0.335 e. The van der Waals surface area contributed by atoms with Crippen LogP contribution in [0.2, 0.25) is 0 Å². The lowest BCUT2D eigenvalue weighted by atomic mass is 9.99. The van der Waals surface area contributed by atoms with E-state index in [1.165, 1.54) is 24.3 Å². The summed E-state index contributed by atoms with van der Waals surface area (Å²) in [5.74, 6) is -4.01. The first-order valence-corrected chi connectivity index (χ1v) is 9.49. The molecule has 33 heavy (non-hydrogen) atoms. The molecule has 5 atom stereocenters. The van der Waals surface area contributed by atoms with Gasteiger partial charge in [0.05, 0.1) is 0 Å². The zero-order valence-electron chi connectivity index (χ0n) is 16.5. The Morgan fingerprint density at radius 1 is 0.909 bits per heavy atom. The molecule has 0 radical (unpaired) electrons. The number of carbonyl (C=O) groups is 1. The van der Waals surface area contributed by atoms with Crippen LogP contribution in [0.3, 0.4) is 0 Å². The van der Waals surface area contributed by atoms with Crippen LogP contribution >= 0.6 is 0 Å². The minimum absolute atomic E-state index is 0.0156. The second kappa shape index (κ2) is 8.26. The van der Waals surface area contributed by atoms with Gasteiger partial charge in [0.15, 0.2) is 23.0 Å². The number of phenols is 3. The molecule has 12 heteroatoms. The van der Waals surface area contributed by atoms with Crippen LogP contribution in [0.25, 0.3) is 22.3 Å². The predicted molar refractivity (Wildman–Crippen MR) is 108 cm³/mol. The molecule has 2 heterocycles. The van der Waals surface area contributed by atoms with Crippen LogP contribution < -0.4 is 10.2 Å². The van der Waals surface area contributed by atoms with Crippen LogP contribution in [-0.4, -0.2) is 72.4 Å². The van der Waals surface area contributed by atoms with Crippen molar-refractivity contribution in [1.29, 1.82) is 0 Å². The predicted octanol–water partition coefficient (Wildman–Crippen LogP) is -0.152. The van der Waals surface area contributed by atoms with Gasteiger partial charge >= 0.3 is 5.97 Å². The largest absolute Gasteiger partial charge is 0.508 e. The molecule has 0 aliphatic carbocycles. The highest BCUT2D eigenvalue weighted by Crippen LogP contribution is 2.42. The third-order valence-corrected chi connectivity index (χ3v) is 5.14. The average Bonchev–Trinajstić information content (AvgIpc) is 2.77. The van der Waals surface area contributed by atoms with E-state index in [-0.39, 0.29) is 22.5 Å². The number of aromatic hydroxyl groups is 3. The fourth-order valence-electron chi connectivity index (χ4n) is 3.40. The maximum Gasteiger partial charge on any atom is 0.335 e. The molecule has 5 unspecified atom stereocenters. The summed E-state index contributed by atoms with van der Waals surface area (Å²) >= 11 is 0. The zero-order valence-corrected chi connectivity index (χ0v) is 16.5. The first-order chi connectivity index (χ1) is 15.6. The summed E-state index contributed by atoms with van der Waals surface area (Å²) in [4.78, 5) is 23.8. The van der Waals surface area contributed by atoms with Gasteiger partial charge < -0.3 is 49.6 Å². The topological polar surface area (TPSA) is 207 Å². The Kier molecular flexibility index (Phi) is 5.59. The normalized spacial score (nSPS) is 25.1. The van der Waals surface area contributed by atoms with Crippen molar-refractivity contribution in [3.63, 3.8) is 0 Å². The molecule has 1 aliphatic heterocycles. The van der Waals surface area contributed by atoms with E-state index in [1.54, 1.807) is 0 Å². The molecule has 1 aromatic heterocycles. The Balaban J connectivity index is 1.76. The van der Waals surface area contributed by atoms with Crippen molar-refractivity contribution in [2.75, 3.05) is 0 Å². The molecule has 3 aromatic rings. The summed E-state index contributed by atoms with van der Waals surface area (Å²) in [6.45, 7) is 0. The Morgan fingerprint density at radius 2 is 1.58 bits per heavy atom. The Hall–Kier alpha value is -3.84. The minimum atomic E-state index is -1.96. The molecular formula is C21H18O12. The van der Waals surface area contributed by atoms with Crippen LogP contribution in [0.5, 0.6) is 23.0 Å². The number of ether oxygens (including phenoxy) is 2. The Morgan fingerprint density at radius 3 is 2.21 bits per heavy atom. The highest BCUT2D eigenvalue weighted by molar-refractivity contribution is 5.89. The van der Waals surface area contributed by atoms with Gasteiger partial charge in [-0.3, -0.25) is 4.79 Å². The SMILES string of the molecule is O=C(O)C1OC(Oc2cc3oc(-c4ccc(O)cc4)cc(=O)c3c(O)c2O)C(O)C(O)C1O. The maximum atomic E-state index is 12.6. The first kappa shape index (κ1) is 22.4. The van der Waals surface area contributed by atoms with Gasteiger partial charge in [0.1, 0.15) is 40.8 Å². The van der Waals surface area contributed by atoms with Gasteiger partial charge in [-0.25, -0.2) is 4.79 Å². The van der Waals surface area contributed by atoms with E-state index in [9.17, 15) is 40.2 Å². The quantitative estimate of drug-likeness (QED) is 0.253. The number of aliphatic carboxylic acids is 1. The molecule has 0 spiro atoms. The molecule has 4 rings (SSSR count). The summed E-state index contributed by atoms with van der Waals surface area (Å²) in [7, 11) is 0. The number of hydrogen-bond donors (Lipinski definition) is 7. The summed E-state index contributed by atoms with van der Waals surface area (Å²) in [5.41, 5.74) is -0.539. The molecule has 12 nitrogen and oxygen atoms in total. The number of carboxylic acids is 1. The number of carboxylic acid groups (broad SMARTS) is 1. The van der Waals surface area contributed by atoms with Gasteiger partial charge in [-0.2, -0.15) is 0 Å². The number of fused-ring (bicyclic) bond motifs is 1. The highest BCUT2D eigenvalue weighted by atomic mass is 16.7. The van der Waals surface area contributed by atoms with Crippen molar-refractivity contribution in [1.82, 2.24) is 0 Å². The number of aliphatic hydroxyl groups excluding tert-OH is 3. The minimum Gasteiger partial charge on any atom is -0.508 e. The van der Waals surface area contributed by atoms with Gasteiger partial charge in [-0.05, 0) is 24.3 Å². The second-order valence-electron chi connectivity index (χ2n) is 7.32. The van der Waals surface area contributed by atoms with Gasteiger partial charge in [0.25, 0.3) is 0 Å². The van der Waals surface area contributed by atoms with E-state index < -0.39 is 59.4 Å². The van der Waals surface area contributed by atoms with E-state index in [0.29, 0.717) is 5.56 Å². The summed E-state index contributed by atoms with van der Waals surface area (Å²) in [6.07, 6.45) is -9.67. The first-order valence-electron chi connectivity index (χ1n) is 9.49. The fourth-order valence-corrected chi connectivity index (χ4v) is 3.40. The number of rotatable bonds is 4. The van der Waals surface area contributed by atoms with Crippen LogP contribution in [0.15, 0.2) is 45.6 Å². The Labute approximate surface area is 183 Å². The number of aliphatic hydroxyl groups is 3. The molecule has 0 bridgehead atoms. The van der Waals surface area contributed by atoms with Crippen molar-refractivity contribution in [3.05, 3.63) is 46.6 Å². The fraction of sp³-hybridized carbons (Fsp3) is 0.238. The van der Waals surface area contributed by atoms with E-state index in [4.69, 9.17) is 19.0 Å². The van der Waals surface area contributed by atoms with Gasteiger partial charge in [0, 0.05) is 17.7 Å². The van der Waals surface area contributed by atoms with Crippen molar-refractivity contribution in [3.8, 4) is 34.3 Å². The van der Waals surface area contributed by atoms with E-state index in [2.05, 4.69) is 0 Å². The monoisotopic (exact) mass is 462 g/mol. The molecule has 174 valence electrons. The maximum absolute atomic E-state index is 12.6. The molecule has 1 fully saturated rings. The third-order valence-electron chi connectivity index (χ3n) is 5.14. The lowest BCUT2D eigenvalue weighted by molar-refractivity contribution is -0.271. The molecule has 0 saturated carbocycles. The zero-order chi connectivity index (χ0) is 24.0.